The van der Waals surface area contributed by atoms with Gasteiger partial charge >= 0.3 is 0 Å². The second-order valence-electron chi connectivity index (χ2n) is 6.51. The third kappa shape index (κ3) is 3.35. The van der Waals surface area contributed by atoms with Gasteiger partial charge in [-0.3, -0.25) is 0 Å². The van der Waals surface area contributed by atoms with Gasteiger partial charge in [0.05, 0.1) is 0 Å². The first-order chi connectivity index (χ1) is 8.90. The maximum Gasteiger partial charge on any atom is 0.145 e. The molecule has 0 saturated heterocycles. The van der Waals surface area contributed by atoms with E-state index in [0.717, 1.165) is 24.1 Å². The van der Waals surface area contributed by atoms with Gasteiger partial charge in [-0.25, -0.2) is 15.8 Å². The standard InChI is InChI=1S/C14H25N5/c1-14(2,3)13-16-11(18-15)8-12(17-13)19(4)9-10-6-5-7-10/h8,10H,5-7,9,15H2,1-4H3,(H,16,17,18). The number of nitrogen functional groups attached to an aromatic ring is 1. The van der Waals surface area contributed by atoms with E-state index >= 15 is 0 Å². The van der Waals surface area contributed by atoms with Crippen LogP contribution in [-0.4, -0.2) is 23.6 Å². The zero-order chi connectivity index (χ0) is 14.0. The summed E-state index contributed by atoms with van der Waals surface area (Å²) in [5.41, 5.74) is 2.55. The molecule has 19 heavy (non-hydrogen) atoms. The molecule has 0 amide bonds. The lowest BCUT2D eigenvalue weighted by atomic mass is 9.85. The van der Waals surface area contributed by atoms with E-state index in [1.165, 1.54) is 19.3 Å². The first-order valence-electron chi connectivity index (χ1n) is 6.97. The highest BCUT2D eigenvalue weighted by Gasteiger charge is 2.23. The van der Waals surface area contributed by atoms with Crippen molar-refractivity contribution in [2.45, 2.75) is 45.4 Å². The van der Waals surface area contributed by atoms with Crippen LogP contribution in [0.4, 0.5) is 11.6 Å². The average Bonchev–Trinajstić information content (AvgIpc) is 2.31. The molecule has 5 nitrogen and oxygen atoms in total. The molecule has 0 aliphatic heterocycles. The zero-order valence-electron chi connectivity index (χ0n) is 12.4. The van der Waals surface area contributed by atoms with Gasteiger partial charge in [0.15, 0.2) is 0 Å². The second-order valence-corrected chi connectivity index (χ2v) is 6.51. The monoisotopic (exact) mass is 263 g/mol. The lowest BCUT2D eigenvalue weighted by molar-refractivity contribution is 0.321. The number of rotatable bonds is 4. The van der Waals surface area contributed by atoms with Gasteiger partial charge in [-0.15, -0.1) is 0 Å². The third-order valence-corrected chi connectivity index (χ3v) is 3.68. The van der Waals surface area contributed by atoms with Gasteiger partial charge in [-0.1, -0.05) is 27.2 Å². The van der Waals surface area contributed by atoms with Crippen molar-refractivity contribution in [3.8, 4) is 0 Å². The molecule has 0 atom stereocenters. The Balaban J connectivity index is 2.22. The summed E-state index contributed by atoms with van der Waals surface area (Å²) in [5.74, 6) is 8.76. The highest BCUT2D eigenvalue weighted by molar-refractivity contribution is 5.49. The Labute approximate surface area is 115 Å². The Hall–Kier alpha value is -1.36. The summed E-state index contributed by atoms with van der Waals surface area (Å²) in [6.07, 6.45) is 4.04. The minimum absolute atomic E-state index is 0.0844. The third-order valence-electron chi connectivity index (χ3n) is 3.68. The van der Waals surface area contributed by atoms with E-state index in [1.54, 1.807) is 0 Å². The van der Waals surface area contributed by atoms with Crippen LogP contribution in [0, 0.1) is 5.92 Å². The van der Waals surface area contributed by atoms with Gasteiger partial charge in [0.2, 0.25) is 0 Å². The summed E-state index contributed by atoms with van der Waals surface area (Å²) in [6.45, 7) is 7.39. The van der Waals surface area contributed by atoms with Gasteiger partial charge in [-0.2, -0.15) is 0 Å². The molecule has 0 spiro atoms. The molecule has 1 aliphatic rings. The van der Waals surface area contributed by atoms with E-state index < -0.39 is 0 Å². The van der Waals surface area contributed by atoms with Crippen LogP contribution in [0.1, 0.15) is 45.9 Å². The quantitative estimate of drug-likeness (QED) is 0.644. The van der Waals surface area contributed by atoms with Gasteiger partial charge in [0, 0.05) is 25.1 Å². The predicted octanol–water partition coefficient (Wildman–Crippen LogP) is 2.30. The van der Waals surface area contributed by atoms with Crippen molar-refractivity contribution in [2.24, 2.45) is 11.8 Å². The number of hydrogen-bond acceptors (Lipinski definition) is 5. The summed E-state index contributed by atoms with van der Waals surface area (Å²) in [4.78, 5) is 11.3. The van der Waals surface area contributed by atoms with Crippen molar-refractivity contribution in [3.05, 3.63) is 11.9 Å². The van der Waals surface area contributed by atoms with Crippen LogP contribution in [0.3, 0.4) is 0 Å². The summed E-state index contributed by atoms with van der Waals surface area (Å²) in [7, 11) is 2.09. The summed E-state index contributed by atoms with van der Waals surface area (Å²) in [6, 6.07) is 1.91. The molecule has 1 aliphatic carbocycles. The van der Waals surface area contributed by atoms with Crippen LogP contribution in [0.2, 0.25) is 0 Å². The van der Waals surface area contributed by atoms with Crippen LogP contribution >= 0.6 is 0 Å². The molecule has 3 N–H and O–H groups in total. The largest absolute Gasteiger partial charge is 0.359 e. The number of nitrogens with two attached hydrogens (primary N) is 1. The minimum atomic E-state index is -0.0844. The van der Waals surface area contributed by atoms with Crippen LogP contribution in [-0.2, 0) is 5.41 Å². The molecule has 1 saturated carbocycles. The van der Waals surface area contributed by atoms with Crippen molar-refractivity contribution in [3.63, 3.8) is 0 Å². The second kappa shape index (κ2) is 5.33. The van der Waals surface area contributed by atoms with Crippen LogP contribution in [0.25, 0.3) is 0 Å². The van der Waals surface area contributed by atoms with Crippen LogP contribution in [0.5, 0.6) is 0 Å². The predicted molar refractivity (Wildman–Crippen MR) is 79.2 cm³/mol. The minimum Gasteiger partial charge on any atom is -0.359 e. The van der Waals surface area contributed by atoms with Crippen molar-refractivity contribution in [1.29, 1.82) is 0 Å². The van der Waals surface area contributed by atoms with E-state index in [0.29, 0.717) is 5.82 Å². The fraction of sp³-hybridized carbons (Fsp3) is 0.714. The number of anilines is 2. The molecule has 0 bridgehead atoms. The summed E-state index contributed by atoms with van der Waals surface area (Å²) >= 11 is 0. The normalized spacial score (nSPS) is 16.1. The molecular formula is C14H25N5. The van der Waals surface area contributed by atoms with Gasteiger partial charge in [-0.05, 0) is 18.8 Å². The maximum absolute atomic E-state index is 5.51. The Morgan fingerprint density at radius 2 is 2.05 bits per heavy atom. The number of hydrogen-bond donors (Lipinski definition) is 2. The van der Waals surface area contributed by atoms with E-state index in [4.69, 9.17) is 5.84 Å². The first kappa shape index (κ1) is 14.1. The van der Waals surface area contributed by atoms with Gasteiger partial charge in [0.25, 0.3) is 0 Å². The van der Waals surface area contributed by atoms with Crippen LogP contribution in [0.15, 0.2) is 6.07 Å². The maximum atomic E-state index is 5.51. The first-order valence-corrected chi connectivity index (χ1v) is 6.97. The Morgan fingerprint density at radius 3 is 2.53 bits per heavy atom. The molecule has 1 aromatic rings. The number of nitrogens with zero attached hydrogens (tertiary/aromatic N) is 3. The van der Waals surface area contributed by atoms with E-state index in [1.807, 2.05) is 6.07 Å². The molecule has 0 radical (unpaired) electrons. The van der Waals surface area contributed by atoms with E-state index in [2.05, 4.69) is 48.1 Å². The lowest BCUT2D eigenvalue weighted by Crippen LogP contribution is -2.31. The Kier molecular flexibility index (Phi) is 3.94. The molecule has 106 valence electrons. The fourth-order valence-electron chi connectivity index (χ4n) is 2.20. The lowest BCUT2D eigenvalue weighted by Gasteiger charge is -2.31. The summed E-state index contributed by atoms with van der Waals surface area (Å²) in [5, 5.41) is 0. The number of hydrazine groups is 1. The van der Waals surface area contributed by atoms with E-state index in [9.17, 15) is 0 Å². The number of aromatic nitrogens is 2. The van der Waals surface area contributed by atoms with Gasteiger partial charge < -0.3 is 10.3 Å². The average molecular weight is 263 g/mol. The Morgan fingerprint density at radius 1 is 1.37 bits per heavy atom. The van der Waals surface area contributed by atoms with E-state index in [-0.39, 0.29) is 5.41 Å². The van der Waals surface area contributed by atoms with Crippen molar-refractivity contribution < 1.29 is 0 Å². The molecule has 0 unspecified atom stereocenters. The molecule has 0 aromatic carbocycles. The Bertz CT molecular complexity index is 434. The summed E-state index contributed by atoms with van der Waals surface area (Å²) < 4.78 is 0. The molecule has 1 aromatic heterocycles. The zero-order valence-corrected chi connectivity index (χ0v) is 12.4. The van der Waals surface area contributed by atoms with Crippen molar-refractivity contribution >= 4 is 11.6 Å². The SMILES string of the molecule is CN(CC1CCC1)c1cc(NN)nc(C(C)(C)C)n1. The highest BCUT2D eigenvalue weighted by Crippen LogP contribution is 2.29. The molecule has 1 fully saturated rings. The smallest absolute Gasteiger partial charge is 0.145 e. The van der Waals surface area contributed by atoms with Crippen molar-refractivity contribution in [2.75, 3.05) is 23.9 Å². The molecule has 2 rings (SSSR count). The van der Waals surface area contributed by atoms with Crippen molar-refractivity contribution in [1.82, 2.24) is 9.97 Å². The fourth-order valence-corrected chi connectivity index (χ4v) is 2.20. The molecular weight excluding hydrogens is 238 g/mol. The van der Waals surface area contributed by atoms with Crippen LogP contribution < -0.4 is 16.2 Å². The topological polar surface area (TPSA) is 67.1 Å². The molecule has 1 heterocycles. The highest BCUT2D eigenvalue weighted by atomic mass is 15.3. The molecule has 5 heteroatoms. The number of nitrogens with one attached hydrogen (secondary N) is 1. The van der Waals surface area contributed by atoms with Gasteiger partial charge in [0.1, 0.15) is 17.5 Å².